The van der Waals surface area contributed by atoms with Crippen LogP contribution in [0.25, 0.3) is 0 Å². The van der Waals surface area contributed by atoms with E-state index in [1.54, 1.807) is 41.1 Å². The van der Waals surface area contributed by atoms with Crippen LogP contribution in [0.3, 0.4) is 0 Å². The summed E-state index contributed by atoms with van der Waals surface area (Å²) >= 11 is 21.8. The van der Waals surface area contributed by atoms with Crippen molar-refractivity contribution in [3.05, 3.63) is 109 Å². The number of benzene rings is 3. The molecule has 0 aliphatic rings. The molecule has 34 heavy (non-hydrogen) atoms. The fraction of sp³-hybridized carbons (Fsp3) is 0.120. The van der Waals surface area contributed by atoms with Gasteiger partial charge in [-0.25, -0.2) is 0 Å². The molecule has 9 heteroatoms. The number of ether oxygens (including phenoxy) is 1. The molecule has 1 N–H and O–H groups in total. The molecular weight excluding hydrogens is 561 g/mol. The minimum absolute atomic E-state index is 0.252. The van der Waals surface area contributed by atoms with E-state index in [4.69, 9.17) is 39.5 Å². The molecular formula is C25H19BrCl3N3O2. The second-order valence-electron chi connectivity index (χ2n) is 7.58. The average Bonchev–Trinajstić information content (AvgIpc) is 3.14. The number of aryl methyl sites for hydroxylation is 1. The SMILES string of the molecule is Cc1cc(NC(=O)c2ccc(COc3ccc(Br)cc3Cl)cc2)nn1Cc1ccc(Cl)cc1Cl. The largest absolute Gasteiger partial charge is 0.487 e. The second-order valence-corrected chi connectivity index (χ2v) is 9.75. The predicted octanol–water partition coefficient (Wildman–Crippen LogP) is 7.79. The van der Waals surface area contributed by atoms with Crippen molar-refractivity contribution in [3.8, 4) is 5.75 Å². The molecule has 174 valence electrons. The van der Waals surface area contributed by atoms with E-state index in [1.165, 1.54) is 0 Å². The number of amides is 1. The van der Waals surface area contributed by atoms with Gasteiger partial charge in [0.2, 0.25) is 0 Å². The quantitative estimate of drug-likeness (QED) is 0.243. The van der Waals surface area contributed by atoms with Crippen molar-refractivity contribution in [3.63, 3.8) is 0 Å². The molecule has 3 aromatic carbocycles. The van der Waals surface area contributed by atoms with Crippen LogP contribution in [0.1, 0.15) is 27.2 Å². The number of nitrogens with zero attached hydrogens (tertiary/aromatic N) is 2. The van der Waals surface area contributed by atoms with Crippen LogP contribution >= 0.6 is 50.7 Å². The van der Waals surface area contributed by atoms with Gasteiger partial charge in [0, 0.05) is 31.8 Å². The van der Waals surface area contributed by atoms with Gasteiger partial charge in [-0.15, -0.1) is 0 Å². The molecule has 0 radical (unpaired) electrons. The van der Waals surface area contributed by atoms with Crippen LogP contribution < -0.4 is 10.1 Å². The zero-order chi connectivity index (χ0) is 24.2. The van der Waals surface area contributed by atoms with Gasteiger partial charge < -0.3 is 10.1 Å². The molecule has 0 bridgehead atoms. The zero-order valence-corrected chi connectivity index (χ0v) is 21.8. The summed E-state index contributed by atoms with van der Waals surface area (Å²) in [6, 6.07) is 19.8. The van der Waals surface area contributed by atoms with Crippen LogP contribution in [-0.4, -0.2) is 15.7 Å². The first-order valence-electron chi connectivity index (χ1n) is 10.2. The normalized spacial score (nSPS) is 10.9. The Morgan fingerprint density at radius 1 is 1.00 bits per heavy atom. The monoisotopic (exact) mass is 577 g/mol. The van der Waals surface area contributed by atoms with Crippen molar-refractivity contribution in [1.29, 1.82) is 0 Å². The van der Waals surface area contributed by atoms with Crippen molar-refractivity contribution in [2.45, 2.75) is 20.1 Å². The predicted molar refractivity (Wildman–Crippen MR) is 140 cm³/mol. The van der Waals surface area contributed by atoms with Gasteiger partial charge in [-0.1, -0.05) is 68.9 Å². The van der Waals surface area contributed by atoms with E-state index < -0.39 is 0 Å². The van der Waals surface area contributed by atoms with Crippen LogP contribution in [-0.2, 0) is 13.2 Å². The number of carbonyl (C=O) groups is 1. The zero-order valence-electron chi connectivity index (χ0n) is 18.0. The Labute approximate surface area is 220 Å². The molecule has 4 aromatic rings. The molecule has 0 unspecified atom stereocenters. The van der Waals surface area contributed by atoms with Crippen LogP contribution in [0.5, 0.6) is 5.75 Å². The molecule has 0 atom stereocenters. The summed E-state index contributed by atoms with van der Waals surface area (Å²) in [6.07, 6.45) is 0. The van der Waals surface area contributed by atoms with E-state index in [-0.39, 0.29) is 5.91 Å². The first-order valence-corrected chi connectivity index (χ1v) is 12.2. The summed E-state index contributed by atoms with van der Waals surface area (Å²) in [4.78, 5) is 12.7. The average molecular weight is 580 g/mol. The van der Waals surface area contributed by atoms with E-state index in [0.29, 0.717) is 45.4 Å². The Kier molecular flexibility index (Phi) is 7.84. The number of rotatable bonds is 7. The Bertz CT molecular complexity index is 1340. The molecule has 0 spiro atoms. The van der Waals surface area contributed by atoms with E-state index in [9.17, 15) is 4.79 Å². The summed E-state index contributed by atoms with van der Waals surface area (Å²) in [6.45, 7) is 2.72. The lowest BCUT2D eigenvalue weighted by molar-refractivity contribution is 0.102. The lowest BCUT2D eigenvalue weighted by Crippen LogP contribution is -2.13. The third-order valence-electron chi connectivity index (χ3n) is 5.06. The first kappa shape index (κ1) is 24.6. The second kappa shape index (κ2) is 10.8. The van der Waals surface area contributed by atoms with E-state index in [1.807, 2.05) is 37.3 Å². The summed E-state index contributed by atoms with van der Waals surface area (Å²) in [5, 5.41) is 9.00. The van der Waals surface area contributed by atoms with Gasteiger partial charge in [0.15, 0.2) is 5.82 Å². The molecule has 1 heterocycles. The maximum atomic E-state index is 12.7. The lowest BCUT2D eigenvalue weighted by atomic mass is 10.1. The number of halogens is 4. The topological polar surface area (TPSA) is 56.1 Å². The molecule has 5 nitrogen and oxygen atoms in total. The lowest BCUT2D eigenvalue weighted by Gasteiger charge is -2.09. The highest BCUT2D eigenvalue weighted by Crippen LogP contribution is 2.28. The minimum Gasteiger partial charge on any atom is -0.487 e. The van der Waals surface area contributed by atoms with Gasteiger partial charge in [-0.2, -0.15) is 5.10 Å². The summed E-state index contributed by atoms with van der Waals surface area (Å²) in [5.41, 5.74) is 3.20. The van der Waals surface area contributed by atoms with Gasteiger partial charge in [-0.3, -0.25) is 9.48 Å². The van der Waals surface area contributed by atoms with E-state index in [2.05, 4.69) is 26.3 Å². The summed E-state index contributed by atoms with van der Waals surface area (Å²) < 4.78 is 8.43. The highest BCUT2D eigenvalue weighted by atomic mass is 79.9. The fourth-order valence-corrected chi connectivity index (χ4v) is 4.43. The van der Waals surface area contributed by atoms with Gasteiger partial charge >= 0.3 is 0 Å². The maximum absolute atomic E-state index is 12.7. The van der Waals surface area contributed by atoms with Crippen LogP contribution in [0.2, 0.25) is 15.1 Å². The van der Waals surface area contributed by atoms with Crippen LogP contribution in [0.4, 0.5) is 5.82 Å². The van der Waals surface area contributed by atoms with Crippen LogP contribution in [0, 0.1) is 6.92 Å². The molecule has 1 amide bonds. The Morgan fingerprint density at radius 3 is 2.47 bits per heavy atom. The van der Waals surface area contributed by atoms with Crippen molar-refractivity contribution in [2.24, 2.45) is 0 Å². The smallest absolute Gasteiger partial charge is 0.256 e. The number of aromatic nitrogens is 2. The third kappa shape index (κ3) is 6.13. The van der Waals surface area contributed by atoms with Gasteiger partial charge in [0.1, 0.15) is 12.4 Å². The third-order valence-corrected chi connectivity index (χ3v) is 6.44. The molecule has 4 rings (SSSR count). The standard InChI is InChI=1S/C25H19BrCl3N3O2/c1-15-10-24(31-32(15)13-18-6-8-20(27)12-21(18)28)30-25(33)17-4-2-16(3-5-17)14-34-23-9-7-19(26)11-22(23)29/h2-12H,13-14H2,1H3,(H,30,31,33). The summed E-state index contributed by atoms with van der Waals surface area (Å²) in [5.74, 6) is 0.806. The first-order chi connectivity index (χ1) is 16.3. The van der Waals surface area contributed by atoms with E-state index >= 15 is 0 Å². The van der Waals surface area contributed by atoms with Crippen molar-refractivity contribution in [1.82, 2.24) is 9.78 Å². The number of carbonyl (C=O) groups excluding carboxylic acids is 1. The Hall–Kier alpha value is -2.51. The molecule has 1 aromatic heterocycles. The number of nitrogens with one attached hydrogen (secondary N) is 1. The molecule has 0 saturated heterocycles. The molecule has 0 aliphatic heterocycles. The van der Waals surface area contributed by atoms with Gasteiger partial charge in [-0.05, 0) is 60.5 Å². The van der Waals surface area contributed by atoms with Crippen molar-refractivity contribution < 1.29 is 9.53 Å². The van der Waals surface area contributed by atoms with Crippen LogP contribution in [0.15, 0.2) is 71.2 Å². The van der Waals surface area contributed by atoms with Gasteiger partial charge in [0.05, 0.1) is 11.6 Å². The molecule has 0 saturated carbocycles. The Morgan fingerprint density at radius 2 is 1.76 bits per heavy atom. The summed E-state index contributed by atoms with van der Waals surface area (Å²) in [7, 11) is 0. The highest BCUT2D eigenvalue weighted by molar-refractivity contribution is 9.10. The van der Waals surface area contributed by atoms with E-state index in [0.717, 1.165) is 21.3 Å². The van der Waals surface area contributed by atoms with Crippen molar-refractivity contribution in [2.75, 3.05) is 5.32 Å². The maximum Gasteiger partial charge on any atom is 0.256 e. The van der Waals surface area contributed by atoms with Crippen molar-refractivity contribution >= 4 is 62.5 Å². The fourth-order valence-electron chi connectivity index (χ4n) is 3.24. The molecule has 0 fully saturated rings. The minimum atomic E-state index is -0.252. The van der Waals surface area contributed by atoms with Gasteiger partial charge in [0.25, 0.3) is 5.91 Å². The number of hydrogen-bond acceptors (Lipinski definition) is 3. The number of anilines is 1. The number of hydrogen-bond donors (Lipinski definition) is 1. The Balaban J connectivity index is 1.37. The highest BCUT2D eigenvalue weighted by Gasteiger charge is 2.12. The molecule has 0 aliphatic carbocycles.